The Kier molecular flexibility index (Phi) is 4.93. The number of nitrogens with zero attached hydrogens (tertiary/aromatic N) is 3. The minimum absolute atomic E-state index is 0.637. The number of rotatable bonds is 6. The van der Waals surface area contributed by atoms with E-state index in [9.17, 15) is 0 Å². The Morgan fingerprint density at radius 1 is 1.42 bits per heavy atom. The molecule has 1 heterocycles. The van der Waals surface area contributed by atoms with Gasteiger partial charge in [-0.15, -0.1) is 5.10 Å². The predicted molar refractivity (Wildman–Crippen MR) is 77.2 cm³/mol. The molecule has 2 N–H and O–H groups in total. The van der Waals surface area contributed by atoms with E-state index in [2.05, 4.69) is 26.2 Å². The fourth-order valence-electron chi connectivity index (χ4n) is 1.86. The minimum atomic E-state index is 0.637. The highest BCUT2D eigenvalue weighted by Crippen LogP contribution is 2.23. The van der Waals surface area contributed by atoms with Crippen LogP contribution in [-0.2, 0) is 13.0 Å². The van der Waals surface area contributed by atoms with Crippen LogP contribution in [0.25, 0.3) is 0 Å². The fraction of sp³-hybridized carbons (Fsp3) is 0.385. The number of hydrogen-bond acceptors (Lipinski definition) is 4. The van der Waals surface area contributed by atoms with Gasteiger partial charge in [-0.3, -0.25) is 0 Å². The van der Waals surface area contributed by atoms with Crippen LogP contribution in [0.5, 0.6) is 5.75 Å². The largest absolute Gasteiger partial charge is 0.496 e. The average Bonchev–Trinajstić information content (AvgIpc) is 2.84. The van der Waals surface area contributed by atoms with E-state index in [1.54, 1.807) is 7.11 Å². The van der Waals surface area contributed by atoms with Crippen molar-refractivity contribution in [3.8, 4) is 5.75 Å². The number of halogens is 1. The molecule has 0 spiro atoms. The van der Waals surface area contributed by atoms with E-state index in [1.807, 2.05) is 29.1 Å². The zero-order valence-corrected chi connectivity index (χ0v) is 12.4. The van der Waals surface area contributed by atoms with Crippen LogP contribution in [0.3, 0.4) is 0 Å². The second-order valence-electron chi connectivity index (χ2n) is 4.26. The number of aromatic nitrogens is 3. The quantitative estimate of drug-likeness (QED) is 0.882. The number of aryl methyl sites for hydroxylation is 1. The van der Waals surface area contributed by atoms with Crippen molar-refractivity contribution in [1.29, 1.82) is 0 Å². The molecule has 0 amide bonds. The average molecular weight is 325 g/mol. The van der Waals surface area contributed by atoms with Crippen molar-refractivity contribution in [2.75, 3.05) is 13.7 Å². The van der Waals surface area contributed by atoms with Crippen LogP contribution in [0.1, 0.15) is 17.7 Å². The summed E-state index contributed by atoms with van der Waals surface area (Å²) in [5.74, 6) is 0.849. The molecule has 0 unspecified atom stereocenters. The van der Waals surface area contributed by atoms with Crippen molar-refractivity contribution in [3.63, 3.8) is 0 Å². The smallest absolute Gasteiger partial charge is 0.124 e. The zero-order valence-electron chi connectivity index (χ0n) is 10.8. The molecule has 2 aromatic rings. The Hall–Kier alpha value is -1.40. The Balaban J connectivity index is 2.12. The number of benzene rings is 1. The second kappa shape index (κ2) is 6.68. The summed E-state index contributed by atoms with van der Waals surface area (Å²) >= 11 is 3.46. The molecule has 0 radical (unpaired) electrons. The summed E-state index contributed by atoms with van der Waals surface area (Å²) in [4.78, 5) is 0. The standard InChI is InChI=1S/C13H17BrN4O/c1-19-13-5-4-11(14)7-10(13)8-18-9-12(16-17-18)3-2-6-15/h4-5,7,9H,2-3,6,8,15H2,1H3. The van der Waals surface area contributed by atoms with Crippen LogP contribution in [0, 0.1) is 0 Å². The molecule has 0 atom stereocenters. The zero-order chi connectivity index (χ0) is 13.7. The Labute approximate surface area is 120 Å². The van der Waals surface area contributed by atoms with Crippen molar-refractivity contribution in [1.82, 2.24) is 15.0 Å². The van der Waals surface area contributed by atoms with Crippen LogP contribution in [-0.4, -0.2) is 28.6 Å². The lowest BCUT2D eigenvalue weighted by molar-refractivity contribution is 0.407. The number of methoxy groups -OCH3 is 1. The van der Waals surface area contributed by atoms with Crippen LogP contribution in [0.15, 0.2) is 28.9 Å². The summed E-state index contributed by atoms with van der Waals surface area (Å²) in [6.45, 7) is 1.31. The van der Waals surface area contributed by atoms with Crippen molar-refractivity contribution in [3.05, 3.63) is 40.1 Å². The molecule has 1 aromatic carbocycles. The van der Waals surface area contributed by atoms with Crippen molar-refractivity contribution >= 4 is 15.9 Å². The second-order valence-corrected chi connectivity index (χ2v) is 5.17. The lowest BCUT2D eigenvalue weighted by Crippen LogP contribution is -2.02. The summed E-state index contributed by atoms with van der Waals surface area (Å²) in [6.07, 6.45) is 3.75. The maximum Gasteiger partial charge on any atom is 0.124 e. The Bertz CT molecular complexity index is 541. The van der Waals surface area contributed by atoms with E-state index in [1.165, 1.54) is 0 Å². The van der Waals surface area contributed by atoms with Gasteiger partial charge < -0.3 is 10.5 Å². The van der Waals surface area contributed by atoms with Crippen LogP contribution >= 0.6 is 15.9 Å². The Morgan fingerprint density at radius 3 is 3.00 bits per heavy atom. The van der Waals surface area contributed by atoms with Gasteiger partial charge in [-0.05, 0) is 37.6 Å². The Morgan fingerprint density at radius 2 is 2.26 bits per heavy atom. The molecule has 0 aliphatic rings. The molecule has 5 nitrogen and oxygen atoms in total. The predicted octanol–water partition coefficient (Wildman–Crippen LogP) is 1.99. The summed E-state index contributed by atoms with van der Waals surface area (Å²) < 4.78 is 8.18. The van der Waals surface area contributed by atoms with Crippen molar-refractivity contribution in [2.24, 2.45) is 5.73 Å². The first kappa shape index (κ1) is 14.0. The third kappa shape index (κ3) is 3.78. The maximum atomic E-state index is 5.48. The third-order valence-electron chi connectivity index (χ3n) is 2.80. The molecule has 0 fully saturated rings. The first-order chi connectivity index (χ1) is 9.22. The molecule has 102 valence electrons. The lowest BCUT2D eigenvalue weighted by atomic mass is 10.2. The van der Waals surface area contributed by atoms with Gasteiger partial charge in [-0.2, -0.15) is 0 Å². The van der Waals surface area contributed by atoms with Gasteiger partial charge >= 0.3 is 0 Å². The molecular weight excluding hydrogens is 308 g/mol. The van der Waals surface area contributed by atoms with E-state index in [-0.39, 0.29) is 0 Å². The lowest BCUT2D eigenvalue weighted by Gasteiger charge is -2.08. The topological polar surface area (TPSA) is 66.0 Å². The van der Waals surface area contributed by atoms with Gasteiger partial charge in [0.1, 0.15) is 5.75 Å². The minimum Gasteiger partial charge on any atom is -0.496 e. The van der Waals surface area contributed by atoms with Gasteiger partial charge in [0.05, 0.1) is 19.3 Å². The first-order valence-corrected chi connectivity index (χ1v) is 6.93. The normalized spacial score (nSPS) is 10.7. The molecule has 1 aromatic heterocycles. The van der Waals surface area contributed by atoms with E-state index >= 15 is 0 Å². The molecular formula is C13H17BrN4O. The molecule has 6 heteroatoms. The van der Waals surface area contributed by atoms with Crippen LogP contribution in [0.4, 0.5) is 0 Å². The fourth-order valence-corrected chi connectivity index (χ4v) is 2.27. The molecule has 0 aliphatic heterocycles. The summed E-state index contributed by atoms with van der Waals surface area (Å²) in [6, 6.07) is 5.92. The molecule has 0 aliphatic carbocycles. The highest BCUT2D eigenvalue weighted by atomic mass is 79.9. The van der Waals surface area contributed by atoms with Gasteiger partial charge in [0.15, 0.2) is 0 Å². The molecule has 0 saturated carbocycles. The number of nitrogens with two attached hydrogens (primary N) is 1. The maximum absolute atomic E-state index is 5.48. The SMILES string of the molecule is COc1ccc(Br)cc1Cn1cc(CCCN)nn1. The monoisotopic (exact) mass is 324 g/mol. The molecule has 2 rings (SSSR count). The van der Waals surface area contributed by atoms with Gasteiger partial charge in [0.2, 0.25) is 0 Å². The molecule has 19 heavy (non-hydrogen) atoms. The highest BCUT2D eigenvalue weighted by Gasteiger charge is 2.07. The van der Waals surface area contributed by atoms with Crippen molar-refractivity contribution in [2.45, 2.75) is 19.4 Å². The first-order valence-electron chi connectivity index (χ1n) is 6.14. The van der Waals surface area contributed by atoms with Gasteiger partial charge in [-0.25, -0.2) is 4.68 Å². The van der Waals surface area contributed by atoms with Crippen LogP contribution < -0.4 is 10.5 Å². The molecule has 0 bridgehead atoms. The molecule has 0 saturated heterocycles. The van der Waals surface area contributed by atoms with E-state index < -0.39 is 0 Å². The van der Waals surface area contributed by atoms with E-state index in [0.29, 0.717) is 13.1 Å². The highest BCUT2D eigenvalue weighted by molar-refractivity contribution is 9.10. The van der Waals surface area contributed by atoms with E-state index in [4.69, 9.17) is 10.5 Å². The summed E-state index contributed by atoms with van der Waals surface area (Å²) in [5.41, 5.74) is 7.52. The third-order valence-corrected chi connectivity index (χ3v) is 3.29. The van der Waals surface area contributed by atoms with Gasteiger partial charge in [0, 0.05) is 16.2 Å². The van der Waals surface area contributed by atoms with Gasteiger partial charge in [-0.1, -0.05) is 21.1 Å². The van der Waals surface area contributed by atoms with Crippen LogP contribution in [0.2, 0.25) is 0 Å². The summed E-state index contributed by atoms with van der Waals surface area (Å²) in [5, 5.41) is 8.26. The number of hydrogen-bond donors (Lipinski definition) is 1. The number of ether oxygens (including phenoxy) is 1. The van der Waals surface area contributed by atoms with E-state index in [0.717, 1.165) is 34.3 Å². The van der Waals surface area contributed by atoms with Gasteiger partial charge in [0.25, 0.3) is 0 Å². The van der Waals surface area contributed by atoms with Crippen molar-refractivity contribution < 1.29 is 4.74 Å². The summed E-state index contributed by atoms with van der Waals surface area (Å²) in [7, 11) is 1.67.